The average molecular weight is 333 g/mol. The van der Waals surface area contributed by atoms with Crippen molar-refractivity contribution in [2.45, 2.75) is 19.1 Å². The van der Waals surface area contributed by atoms with E-state index in [-0.39, 0.29) is 0 Å². The van der Waals surface area contributed by atoms with Crippen LogP contribution in [0, 0.1) is 0 Å². The maximum atomic E-state index is 13.0. The first-order chi connectivity index (χ1) is 11.4. The van der Waals surface area contributed by atoms with Crippen molar-refractivity contribution in [2.24, 2.45) is 0 Å². The topological polar surface area (TPSA) is 42.2 Å². The van der Waals surface area contributed by atoms with Crippen LogP contribution in [0.4, 0.5) is 13.2 Å². The Kier molecular flexibility index (Phi) is 4.05. The third-order valence-corrected chi connectivity index (χ3v) is 3.70. The summed E-state index contributed by atoms with van der Waals surface area (Å²) in [5.41, 5.74) is -0.712. The predicted molar refractivity (Wildman–Crippen MR) is 83.5 cm³/mol. The Bertz CT molecular complexity index is 850. The summed E-state index contributed by atoms with van der Waals surface area (Å²) in [7, 11) is 0. The number of hydrogen-bond acceptors (Lipinski definition) is 2. The van der Waals surface area contributed by atoms with E-state index in [1.54, 1.807) is 19.1 Å². The molecule has 24 heavy (non-hydrogen) atoms. The third kappa shape index (κ3) is 3.13. The number of alkyl halides is 3. The van der Waals surface area contributed by atoms with E-state index < -0.39 is 29.3 Å². The summed E-state index contributed by atoms with van der Waals surface area (Å²) in [6.07, 6.45) is -4.59. The fourth-order valence-electron chi connectivity index (χ4n) is 2.49. The lowest BCUT2D eigenvalue weighted by Crippen LogP contribution is -2.28. The van der Waals surface area contributed by atoms with Gasteiger partial charge in [-0.05, 0) is 31.2 Å². The molecule has 0 unspecified atom stereocenters. The van der Waals surface area contributed by atoms with Gasteiger partial charge in [-0.25, -0.2) is 0 Å². The van der Waals surface area contributed by atoms with Crippen molar-refractivity contribution in [1.29, 1.82) is 0 Å². The molecule has 2 aromatic carbocycles. The summed E-state index contributed by atoms with van der Waals surface area (Å²) < 4.78 is 44.7. The Hall–Kier alpha value is -2.76. The van der Waals surface area contributed by atoms with Gasteiger partial charge in [-0.2, -0.15) is 13.2 Å². The second-order valence-electron chi connectivity index (χ2n) is 5.43. The van der Waals surface area contributed by atoms with E-state index in [1.165, 1.54) is 12.1 Å². The first-order valence-corrected chi connectivity index (χ1v) is 7.32. The van der Waals surface area contributed by atoms with E-state index in [0.29, 0.717) is 11.3 Å². The number of furan rings is 1. The third-order valence-electron chi connectivity index (χ3n) is 3.70. The molecule has 1 aromatic heterocycles. The zero-order valence-corrected chi connectivity index (χ0v) is 12.7. The van der Waals surface area contributed by atoms with Crippen LogP contribution in [0.5, 0.6) is 0 Å². The van der Waals surface area contributed by atoms with E-state index in [9.17, 15) is 18.0 Å². The molecule has 0 fully saturated rings. The average Bonchev–Trinajstić information content (AvgIpc) is 2.98. The SMILES string of the molecule is C[C@H](NC(=O)c1ccccc1C(F)(F)F)c1cc2ccccc2o1. The van der Waals surface area contributed by atoms with Gasteiger partial charge in [-0.1, -0.05) is 30.3 Å². The Morgan fingerprint density at radius 2 is 1.75 bits per heavy atom. The largest absolute Gasteiger partial charge is 0.459 e. The quantitative estimate of drug-likeness (QED) is 0.737. The molecule has 0 aliphatic carbocycles. The minimum absolute atomic E-state index is 0.409. The standard InChI is InChI=1S/C18H14F3NO2/c1-11(16-10-12-6-2-5-9-15(12)24-16)22-17(23)13-7-3-4-8-14(13)18(19,20)21/h2-11H,1H3,(H,22,23)/t11-/m0/s1. The van der Waals surface area contributed by atoms with Gasteiger partial charge in [-0.3, -0.25) is 4.79 Å². The van der Waals surface area contributed by atoms with Crippen LogP contribution in [0.2, 0.25) is 0 Å². The van der Waals surface area contributed by atoms with E-state index in [0.717, 1.165) is 17.5 Å². The molecule has 1 N–H and O–H groups in total. The van der Waals surface area contributed by atoms with Crippen LogP contribution in [-0.4, -0.2) is 5.91 Å². The van der Waals surface area contributed by atoms with Crippen LogP contribution in [0.25, 0.3) is 11.0 Å². The molecule has 1 amide bonds. The number of carbonyl (C=O) groups excluding carboxylic acids is 1. The summed E-state index contributed by atoms with van der Waals surface area (Å²) in [5.74, 6) is -0.315. The van der Waals surface area contributed by atoms with Crippen LogP contribution in [0.3, 0.4) is 0 Å². The first-order valence-electron chi connectivity index (χ1n) is 7.32. The molecule has 0 aliphatic heterocycles. The van der Waals surface area contributed by atoms with Gasteiger partial charge in [-0.15, -0.1) is 0 Å². The minimum Gasteiger partial charge on any atom is -0.459 e. The van der Waals surface area contributed by atoms with Gasteiger partial charge in [0.15, 0.2) is 0 Å². The van der Waals surface area contributed by atoms with Crippen molar-refractivity contribution in [3.63, 3.8) is 0 Å². The lowest BCUT2D eigenvalue weighted by atomic mass is 10.1. The van der Waals surface area contributed by atoms with Gasteiger partial charge in [0.1, 0.15) is 11.3 Å². The van der Waals surface area contributed by atoms with Crippen molar-refractivity contribution in [1.82, 2.24) is 5.32 Å². The molecular weight excluding hydrogens is 319 g/mol. The lowest BCUT2D eigenvalue weighted by Gasteiger charge is -2.15. The molecule has 3 rings (SSSR count). The molecule has 0 saturated heterocycles. The number of fused-ring (bicyclic) bond motifs is 1. The number of benzene rings is 2. The van der Waals surface area contributed by atoms with Crippen molar-refractivity contribution in [3.8, 4) is 0 Å². The molecule has 1 heterocycles. The lowest BCUT2D eigenvalue weighted by molar-refractivity contribution is -0.137. The van der Waals surface area contributed by atoms with Gasteiger partial charge in [0.05, 0.1) is 17.2 Å². The number of hydrogen-bond donors (Lipinski definition) is 1. The Balaban J connectivity index is 1.84. The highest BCUT2D eigenvalue weighted by atomic mass is 19.4. The van der Waals surface area contributed by atoms with Crippen molar-refractivity contribution in [2.75, 3.05) is 0 Å². The Morgan fingerprint density at radius 1 is 1.08 bits per heavy atom. The number of carbonyl (C=O) groups is 1. The second-order valence-corrected chi connectivity index (χ2v) is 5.43. The van der Waals surface area contributed by atoms with Crippen LogP contribution in [0.15, 0.2) is 59.0 Å². The highest BCUT2D eigenvalue weighted by molar-refractivity contribution is 5.96. The number of amides is 1. The summed E-state index contributed by atoms with van der Waals surface area (Å²) in [5, 5.41) is 3.42. The zero-order valence-electron chi connectivity index (χ0n) is 12.7. The minimum atomic E-state index is -4.59. The van der Waals surface area contributed by atoms with Gasteiger partial charge in [0, 0.05) is 5.39 Å². The molecule has 0 saturated carbocycles. The molecule has 3 nitrogen and oxygen atoms in total. The van der Waals surface area contributed by atoms with E-state index in [1.807, 2.05) is 18.2 Å². The van der Waals surface area contributed by atoms with Crippen molar-refractivity contribution < 1.29 is 22.4 Å². The normalized spacial score (nSPS) is 13.0. The number of para-hydroxylation sites is 1. The van der Waals surface area contributed by atoms with Gasteiger partial charge in [0.2, 0.25) is 0 Å². The molecule has 0 spiro atoms. The maximum absolute atomic E-state index is 13.0. The van der Waals surface area contributed by atoms with E-state index >= 15 is 0 Å². The highest BCUT2D eigenvalue weighted by Gasteiger charge is 2.35. The molecule has 3 aromatic rings. The smallest absolute Gasteiger partial charge is 0.417 e. The van der Waals surface area contributed by atoms with Crippen LogP contribution in [0.1, 0.15) is 34.6 Å². The summed E-state index contributed by atoms with van der Waals surface area (Å²) in [6, 6.07) is 13.2. The molecule has 0 radical (unpaired) electrons. The van der Waals surface area contributed by atoms with E-state index in [2.05, 4.69) is 5.32 Å². The summed E-state index contributed by atoms with van der Waals surface area (Å²) in [4.78, 5) is 12.3. The summed E-state index contributed by atoms with van der Waals surface area (Å²) in [6.45, 7) is 1.66. The molecule has 6 heteroatoms. The molecule has 124 valence electrons. The second kappa shape index (κ2) is 6.03. The molecule has 0 aliphatic rings. The number of nitrogens with one attached hydrogen (secondary N) is 1. The Labute approximate surface area is 136 Å². The fraction of sp³-hybridized carbons (Fsp3) is 0.167. The van der Waals surface area contributed by atoms with Crippen LogP contribution < -0.4 is 5.32 Å². The monoisotopic (exact) mass is 333 g/mol. The molecular formula is C18H14F3NO2. The summed E-state index contributed by atoms with van der Waals surface area (Å²) >= 11 is 0. The van der Waals surface area contributed by atoms with Crippen LogP contribution >= 0.6 is 0 Å². The molecule has 1 atom stereocenters. The zero-order chi connectivity index (χ0) is 17.3. The highest BCUT2D eigenvalue weighted by Crippen LogP contribution is 2.32. The van der Waals surface area contributed by atoms with Gasteiger partial charge < -0.3 is 9.73 Å². The first kappa shape index (κ1) is 16.1. The van der Waals surface area contributed by atoms with Crippen molar-refractivity contribution >= 4 is 16.9 Å². The molecule has 0 bridgehead atoms. The van der Waals surface area contributed by atoms with Gasteiger partial charge in [0.25, 0.3) is 5.91 Å². The van der Waals surface area contributed by atoms with Gasteiger partial charge >= 0.3 is 6.18 Å². The maximum Gasteiger partial charge on any atom is 0.417 e. The fourth-order valence-corrected chi connectivity index (χ4v) is 2.49. The Morgan fingerprint density at radius 3 is 2.46 bits per heavy atom. The number of halogens is 3. The van der Waals surface area contributed by atoms with Crippen molar-refractivity contribution in [3.05, 3.63) is 71.5 Å². The number of rotatable bonds is 3. The predicted octanol–water partition coefficient (Wildman–Crippen LogP) is 4.94. The van der Waals surface area contributed by atoms with Crippen LogP contribution in [-0.2, 0) is 6.18 Å². The van der Waals surface area contributed by atoms with E-state index in [4.69, 9.17) is 4.42 Å².